The van der Waals surface area contributed by atoms with Crippen LogP contribution in [0.3, 0.4) is 0 Å². The van der Waals surface area contributed by atoms with Gasteiger partial charge in [0.15, 0.2) is 11.2 Å². The zero-order chi connectivity index (χ0) is 23.4. The number of aryl methyl sites for hydroxylation is 2. The third-order valence-electron chi connectivity index (χ3n) is 5.79. The van der Waals surface area contributed by atoms with E-state index in [1.165, 1.54) is 27.6 Å². The lowest BCUT2D eigenvalue weighted by Gasteiger charge is -2.22. The highest BCUT2D eigenvalue weighted by Crippen LogP contribution is 2.09. The quantitative estimate of drug-likeness (QED) is 0.390. The molecule has 172 valence electrons. The molecule has 33 heavy (non-hydrogen) atoms. The van der Waals surface area contributed by atoms with Crippen molar-refractivity contribution < 1.29 is 4.39 Å². The monoisotopic (exact) mass is 450 g/mol. The largest absolute Gasteiger partial charge is 0.332 e. The number of fused-ring (bicyclic) bond motifs is 1. The normalized spacial score (nSPS) is 11.5. The Morgan fingerprint density at radius 1 is 1.00 bits per heavy atom. The zero-order valence-corrected chi connectivity index (χ0v) is 18.8. The van der Waals surface area contributed by atoms with Crippen molar-refractivity contribution in [1.82, 2.24) is 28.6 Å². The number of imidazole rings is 1. The molecule has 0 saturated heterocycles. The van der Waals surface area contributed by atoms with Gasteiger partial charge in [0.1, 0.15) is 5.82 Å². The van der Waals surface area contributed by atoms with E-state index in [9.17, 15) is 14.0 Å². The van der Waals surface area contributed by atoms with Crippen molar-refractivity contribution >= 4 is 11.2 Å². The van der Waals surface area contributed by atoms with Crippen LogP contribution in [0.2, 0.25) is 0 Å². The number of benzene rings is 1. The Morgan fingerprint density at radius 3 is 2.52 bits per heavy atom. The van der Waals surface area contributed by atoms with Crippen LogP contribution in [0.25, 0.3) is 11.2 Å². The van der Waals surface area contributed by atoms with E-state index in [0.717, 1.165) is 24.2 Å². The minimum atomic E-state index is -0.371. The molecular formula is C24H27FN6O2. The van der Waals surface area contributed by atoms with E-state index in [1.807, 2.05) is 18.2 Å². The van der Waals surface area contributed by atoms with E-state index < -0.39 is 0 Å². The predicted molar refractivity (Wildman–Crippen MR) is 124 cm³/mol. The molecule has 0 bridgehead atoms. The molecule has 0 atom stereocenters. The highest BCUT2D eigenvalue weighted by Gasteiger charge is 2.15. The van der Waals surface area contributed by atoms with E-state index in [0.29, 0.717) is 37.2 Å². The van der Waals surface area contributed by atoms with E-state index in [-0.39, 0.29) is 17.1 Å². The Morgan fingerprint density at radius 2 is 1.79 bits per heavy atom. The second-order valence-electron chi connectivity index (χ2n) is 8.15. The van der Waals surface area contributed by atoms with E-state index in [1.54, 1.807) is 37.0 Å². The molecule has 4 rings (SSSR count). The van der Waals surface area contributed by atoms with Crippen LogP contribution in [-0.4, -0.2) is 41.7 Å². The second kappa shape index (κ2) is 9.91. The van der Waals surface area contributed by atoms with Gasteiger partial charge in [-0.1, -0.05) is 18.2 Å². The van der Waals surface area contributed by atoms with Gasteiger partial charge in [0, 0.05) is 58.6 Å². The molecule has 0 N–H and O–H groups in total. The smallest absolute Gasteiger partial charge is 0.328 e. The van der Waals surface area contributed by atoms with Gasteiger partial charge in [0.05, 0.1) is 6.33 Å². The van der Waals surface area contributed by atoms with Crippen LogP contribution in [0.1, 0.15) is 17.7 Å². The molecule has 3 aromatic heterocycles. The summed E-state index contributed by atoms with van der Waals surface area (Å²) in [5.41, 5.74) is 2.10. The first-order valence-corrected chi connectivity index (χ1v) is 10.9. The summed E-state index contributed by atoms with van der Waals surface area (Å²) in [6.07, 6.45) is 4.70. The molecule has 0 saturated carbocycles. The molecule has 0 fully saturated rings. The highest BCUT2D eigenvalue weighted by atomic mass is 19.1. The standard InChI is InChI=1S/C24H27FN6O2/c1-28-17-27-22-21(28)23(32)31(24(33)29(22)2)14-5-13-30(15-11-20-6-3-4-12-26-20)16-18-7-9-19(25)10-8-18/h3-4,6-10,12,17H,5,11,13-16H2,1-2H3. The Hall–Kier alpha value is -3.59. The van der Waals surface area contributed by atoms with Crippen molar-refractivity contribution in [3.8, 4) is 0 Å². The minimum absolute atomic E-state index is 0.264. The van der Waals surface area contributed by atoms with E-state index in [2.05, 4.69) is 14.9 Å². The predicted octanol–water partition coefficient (Wildman–Crippen LogP) is 2.10. The molecule has 3 heterocycles. The molecule has 0 aliphatic heterocycles. The number of pyridine rings is 1. The molecule has 4 aromatic rings. The maximum Gasteiger partial charge on any atom is 0.332 e. The number of hydrogen-bond acceptors (Lipinski definition) is 5. The summed E-state index contributed by atoms with van der Waals surface area (Å²) in [6, 6.07) is 12.3. The molecule has 1 aromatic carbocycles. The molecule has 9 heteroatoms. The van der Waals surface area contributed by atoms with Gasteiger partial charge in [-0.3, -0.25) is 23.8 Å². The Balaban J connectivity index is 1.49. The number of aromatic nitrogens is 5. The Bertz CT molecular complexity index is 1340. The molecule has 0 amide bonds. The van der Waals surface area contributed by atoms with Crippen LogP contribution in [0, 0.1) is 5.82 Å². The molecule has 0 spiro atoms. The Labute approximate surface area is 190 Å². The number of nitrogens with zero attached hydrogens (tertiary/aromatic N) is 6. The van der Waals surface area contributed by atoms with Gasteiger partial charge in [-0.25, -0.2) is 14.2 Å². The summed E-state index contributed by atoms with van der Waals surface area (Å²) in [6.45, 7) is 2.36. The summed E-state index contributed by atoms with van der Waals surface area (Å²) in [5, 5.41) is 0. The first-order chi connectivity index (χ1) is 15.9. The van der Waals surface area contributed by atoms with Crippen LogP contribution < -0.4 is 11.2 Å². The first kappa shape index (κ1) is 22.6. The fraction of sp³-hybridized carbons (Fsp3) is 0.333. The van der Waals surface area contributed by atoms with E-state index >= 15 is 0 Å². The van der Waals surface area contributed by atoms with Crippen molar-refractivity contribution in [1.29, 1.82) is 0 Å². The fourth-order valence-corrected chi connectivity index (χ4v) is 3.98. The summed E-state index contributed by atoms with van der Waals surface area (Å²) in [5.74, 6) is -0.264. The molecule has 0 aliphatic carbocycles. The van der Waals surface area contributed by atoms with Crippen LogP contribution in [0.5, 0.6) is 0 Å². The van der Waals surface area contributed by atoms with Crippen molar-refractivity contribution in [2.75, 3.05) is 13.1 Å². The zero-order valence-electron chi connectivity index (χ0n) is 18.8. The average molecular weight is 451 g/mol. The maximum absolute atomic E-state index is 13.3. The van der Waals surface area contributed by atoms with Gasteiger partial charge in [0.25, 0.3) is 5.56 Å². The van der Waals surface area contributed by atoms with E-state index in [4.69, 9.17) is 0 Å². The van der Waals surface area contributed by atoms with Gasteiger partial charge >= 0.3 is 5.69 Å². The van der Waals surface area contributed by atoms with Gasteiger partial charge in [-0.2, -0.15) is 0 Å². The van der Waals surface area contributed by atoms with Crippen LogP contribution in [0.4, 0.5) is 4.39 Å². The number of hydrogen-bond donors (Lipinski definition) is 0. The second-order valence-corrected chi connectivity index (χ2v) is 8.15. The molecule has 0 aliphatic rings. The van der Waals surface area contributed by atoms with Gasteiger partial charge < -0.3 is 4.57 Å². The molecule has 0 unspecified atom stereocenters. The van der Waals surface area contributed by atoms with Crippen molar-refractivity contribution in [3.05, 3.63) is 92.9 Å². The topological polar surface area (TPSA) is 78.0 Å². The molecule has 0 radical (unpaired) electrons. The number of halogens is 1. The Kier molecular flexibility index (Phi) is 6.79. The third kappa shape index (κ3) is 5.09. The SMILES string of the molecule is Cn1cnc2c1c(=O)n(CCCN(CCc1ccccn1)Cc1ccc(F)cc1)c(=O)n2C. The lowest BCUT2D eigenvalue weighted by Crippen LogP contribution is -2.40. The molecular weight excluding hydrogens is 423 g/mol. The summed E-state index contributed by atoms with van der Waals surface area (Å²) in [7, 11) is 3.37. The van der Waals surface area contributed by atoms with Crippen molar-refractivity contribution in [3.63, 3.8) is 0 Å². The lowest BCUT2D eigenvalue weighted by atomic mass is 10.2. The summed E-state index contributed by atoms with van der Waals surface area (Å²) in [4.78, 5) is 36.5. The third-order valence-corrected chi connectivity index (χ3v) is 5.79. The summed E-state index contributed by atoms with van der Waals surface area (Å²) < 4.78 is 17.6. The van der Waals surface area contributed by atoms with Crippen LogP contribution >= 0.6 is 0 Å². The molecule has 8 nitrogen and oxygen atoms in total. The summed E-state index contributed by atoms with van der Waals surface area (Å²) >= 11 is 0. The van der Waals surface area contributed by atoms with Gasteiger partial charge in [-0.15, -0.1) is 0 Å². The van der Waals surface area contributed by atoms with Crippen molar-refractivity contribution in [2.24, 2.45) is 14.1 Å². The maximum atomic E-state index is 13.3. The number of rotatable bonds is 9. The van der Waals surface area contributed by atoms with Gasteiger partial charge in [0.2, 0.25) is 0 Å². The average Bonchev–Trinajstić information content (AvgIpc) is 3.22. The highest BCUT2D eigenvalue weighted by molar-refractivity contribution is 5.69. The minimum Gasteiger partial charge on any atom is -0.328 e. The first-order valence-electron chi connectivity index (χ1n) is 10.9. The fourth-order valence-electron chi connectivity index (χ4n) is 3.98. The van der Waals surface area contributed by atoms with Crippen molar-refractivity contribution in [2.45, 2.75) is 25.9 Å². The van der Waals surface area contributed by atoms with Gasteiger partial charge in [-0.05, 0) is 36.2 Å². The lowest BCUT2D eigenvalue weighted by molar-refractivity contribution is 0.258. The van der Waals surface area contributed by atoms with Crippen LogP contribution in [-0.2, 0) is 33.6 Å². The van der Waals surface area contributed by atoms with Crippen LogP contribution in [0.15, 0.2) is 64.6 Å².